The van der Waals surface area contributed by atoms with E-state index >= 15 is 0 Å². The fraction of sp³-hybridized carbons (Fsp3) is 0.364. The molecule has 0 aliphatic carbocycles. The van der Waals surface area contributed by atoms with Crippen molar-refractivity contribution < 1.29 is 13.6 Å². The van der Waals surface area contributed by atoms with Crippen molar-refractivity contribution in [3.05, 3.63) is 53.2 Å². The van der Waals surface area contributed by atoms with Crippen molar-refractivity contribution in [2.24, 2.45) is 0 Å². The highest BCUT2D eigenvalue weighted by Crippen LogP contribution is 2.35. The number of piperidine rings is 1. The number of amides is 1. The van der Waals surface area contributed by atoms with E-state index in [2.05, 4.69) is 25.5 Å². The third-order valence-corrected chi connectivity index (χ3v) is 6.89. The molecule has 1 saturated heterocycles. The molecule has 4 aromatic heterocycles. The summed E-state index contributed by atoms with van der Waals surface area (Å²) < 4.78 is 29.5. The van der Waals surface area contributed by atoms with Gasteiger partial charge in [0.05, 0.1) is 34.1 Å². The Bertz CT molecular complexity index is 1290. The van der Waals surface area contributed by atoms with Crippen LogP contribution >= 0.6 is 11.3 Å². The molecule has 0 spiro atoms. The van der Waals surface area contributed by atoms with Crippen molar-refractivity contribution in [2.75, 3.05) is 18.0 Å². The van der Waals surface area contributed by atoms with Crippen LogP contribution in [0.4, 0.5) is 14.5 Å². The minimum atomic E-state index is -2.66. The second-order valence-electron chi connectivity index (χ2n) is 8.27. The number of hydrogen-bond acceptors (Lipinski definition) is 6. The Hall–Kier alpha value is -3.34. The van der Waals surface area contributed by atoms with Crippen molar-refractivity contribution in [1.82, 2.24) is 29.9 Å². The average Bonchev–Trinajstić information content (AvgIpc) is 3.53. The van der Waals surface area contributed by atoms with Gasteiger partial charge in [-0.1, -0.05) is 0 Å². The summed E-state index contributed by atoms with van der Waals surface area (Å²) in [5.74, 6) is -2.42. The van der Waals surface area contributed by atoms with E-state index in [9.17, 15) is 13.6 Å². The number of aryl methyl sites for hydroxylation is 1. The summed E-state index contributed by atoms with van der Waals surface area (Å²) >= 11 is 1.63. The van der Waals surface area contributed by atoms with Crippen LogP contribution in [0.25, 0.3) is 16.2 Å². The van der Waals surface area contributed by atoms with E-state index in [0.717, 1.165) is 15.4 Å². The molecule has 1 fully saturated rings. The van der Waals surface area contributed by atoms with Gasteiger partial charge in [-0.3, -0.25) is 9.20 Å². The van der Waals surface area contributed by atoms with Crippen molar-refractivity contribution >= 4 is 28.6 Å². The van der Waals surface area contributed by atoms with Gasteiger partial charge in [0.2, 0.25) is 0 Å². The van der Waals surface area contributed by atoms with E-state index in [0.29, 0.717) is 22.7 Å². The number of nitrogens with zero attached hydrogens (tertiary/aromatic N) is 5. The van der Waals surface area contributed by atoms with Crippen LogP contribution < -0.4 is 10.2 Å². The van der Waals surface area contributed by atoms with Crippen LogP contribution in [0.5, 0.6) is 0 Å². The van der Waals surface area contributed by atoms with Gasteiger partial charge in [-0.15, -0.1) is 21.5 Å². The molecule has 1 aliphatic heterocycles. The molecule has 5 rings (SSSR count). The number of H-pyrrole nitrogens is 1. The number of rotatable bonds is 5. The second-order valence-corrected chi connectivity index (χ2v) is 9.56. The van der Waals surface area contributed by atoms with Crippen LogP contribution in [0.1, 0.15) is 46.9 Å². The van der Waals surface area contributed by atoms with Gasteiger partial charge in [0.15, 0.2) is 11.5 Å². The predicted molar refractivity (Wildman–Crippen MR) is 122 cm³/mol. The number of fused-ring (bicyclic) bond motifs is 1. The monoisotopic (exact) mass is 471 g/mol. The van der Waals surface area contributed by atoms with Crippen molar-refractivity contribution in [2.45, 2.75) is 38.7 Å². The molecule has 5 heterocycles. The Kier molecular flexibility index (Phi) is 5.35. The number of anilines is 1. The Balaban J connectivity index is 1.56. The Morgan fingerprint density at radius 3 is 2.76 bits per heavy atom. The number of imidazole rings is 1. The fourth-order valence-corrected chi connectivity index (χ4v) is 4.90. The summed E-state index contributed by atoms with van der Waals surface area (Å²) in [6.07, 6.45) is 4.51. The molecule has 0 bridgehead atoms. The minimum absolute atomic E-state index is 0.197. The molecular formula is C22H23F2N7OS. The first-order valence-electron chi connectivity index (χ1n) is 10.7. The molecule has 172 valence electrons. The third-order valence-electron chi connectivity index (χ3n) is 5.87. The quantitative estimate of drug-likeness (QED) is 0.455. The molecule has 0 saturated carbocycles. The molecule has 2 N–H and O–H groups in total. The largest absolute Gasteiger partial charge is 0.368 e. The van der Waals surface area contributed by atoms with Gasteiger partial charge in [0.1, 0.15) is 6.33 Å². The van der Waals surface area contributed by atoms with Crippen LogP contribution in [-0.4, -0.2) is 49.5 Å². The molecule has 1 amide bonds. The highest BCUT2D eigenvalue weighted by Gasteiger charge is 2.35. The average molecular weight is 472 g/mol. The van der Waals surface area contributed by atoms with Gasteiger partial charge in [0, 0.05) is 37.0 Å². The number of alkyl halides is 2. The van der Waals surface area contributed by atoms with E-state index in [4.69, 9.17) is 0 Å². The molecular weight excluding hydrogens is 448 g/mol. The minimum Gasteiger partial charge on any atom is -0.368 e. The zero-order valence-corrected chi connectivity index (χ0v) is 19.0. The molecule has 1 aliphatic rings. The number of hydrogen-bond donors (Lipinski definition) is 2. The maximum atomic E-state index is 13.8. The van der Waals surface area contributed by atoms with E-state index < -0.39 is 5.92 Å². The number of thiophene rings is 1. The summed E-state index contributed by atoms with van der Waals surface area (Å²) in [7, 11) is 0. The first-order chi connectivity index (χ1) is 15.8. The number of aromatic amines is 1. The summed E-state index contributed by atoms with van der Waals surface area (Å²) in [5.41, 5.74) is 2.57. The van der Waals surface area contributed by atoms with Gasteiger partial charge in [-0.25, -0.2) is 13.8 Å². The Morgan fingerprint density at radius 2 is 2.09 bits per heavy atom. The SMILES string of the molecule is Cc1ccc(-c2cnc3c(N4CCC(F)(F)CC4)cc(C(=O)NC(C)c4nnc[nH]4)cn23)s1. The summed E-state index contributed by atoms with van der Waals surface area (Å²) in [6.45, 7) is 4.23. The van der Waals surface area contributed by atoms with Crippen LogP contribution in [0.3, 0.4) is 0 Å². The Morgan fingerprint density at radius 1 is 1.30 bits per heavy atom. The zero-order chi connectivity index (χ0) is 23.2. The molecule has 4 aromatic rings. The van der Waals surface area contributed by atoms with Gasteiger partial charge in [-0.2, -0.15) is 0 Å². The van der Waals surface area contributed by atoms with E-state index in [-0.39, 0.29) is 37.9 Å². The molecule has 33 heavy (non-hydrogen) atoms. The number of halogens is 2. The molecule has 0 aromatic carbocycles. The molecule has 8 nitrogen and oxygen atoms in total. The fourth-order valence-electron chi connectivity index (χ4n) is 4.03. The maximum absolute atomic E-state index is 13.8. The number of carbonyl (C=O) groups is 1. The molecule has 0 radical (unpaired) electrons. The normalized spacial score (nSPS) is 16.8. The summed E-state index contributed by atoms with van der Waals surface area (Å²) in [6, 6.07) is 5.40. The van der Waals surface area contributed by atoms with Crippen molar-refractivity contribution in [3.8, 4) is 10.6 Å². The van der Waals surface area contributed by atoms with Gasteiger partial charge >= 0.3 is 0 Å². The maximum Gasteiger partial charge on any atom is 0.253 e. The molecule has 1 unspecified atom stereocenters. The van der Waals surface area contributed by atoms with E-state index in [1.807, 2.05) is 35.3 Å². The van der Waals surface area contributed by atoms with Crippen molar-refractivity contribution in [1.29, 1.82) is 0 Å². The highest BCUT2D eigenvalue weighted by atomic mass is 32.1. The lowest BCUT2D eigenvalue weighted by Crippen LogP contribution is -2.39. The lowest BCUT2D eigenvalue weighted by atomic mass is 10.1. The van der Waals surface area contributed by atoms with Gasteiger partial charge < -0.3 is 15.2 Å². The van der Waals surface area contributed by atoms with Gasteiger partial charge in [-0.05, 0) is 32.0 Å². The third kappa shape index (κ3) is 4.20. The topological polar surface area (TPSA) is 91.2 Å². The lowest BCUT2D eigenvalue weighted by Gasteiger charge is -2.33. The van der Waals surface area contributed by atoms with Gasteiger partial charge in [0.25, 0.3) is 11.8 Å². The van der Waals surface area contributed by atoms with E-state index in [1.54, 1.807) is 29.8 Å². The summed E-state index contributed by atoms with van der Waals surface area (Å²) in [5, 5.41) is 10.6. The number of carbonyl (C=O) groups excluding carboxylic acids is 1. The number of pyridine rings is 1. The highest BCUT2D eigenvalue weighted by molar-refractivity contribution is 7.15. The van der Waals surface area contributed by atoms with Crippen LogP contribution in [0.15, 0.2) is 36.9 Å². The first kappa shape index (κ1) is 21.5. The molecule has 11 heteroatoms. The zero-order valence-electron chi connectivity index (χ0n) is 18.2. The standard InChI is InChI=1S/C22H23F2N7OS/c1-13-3-4-18(33-13)17-10-25-20-16(30-7-5-22(23,24)6-8-30)9-15(11-31(17)20)21(32)28-14(2)19-26-12-27-29-19/h3-4,9-12,14H,5-8H2,1-2H3,(H,28,32)(H,26,27,29). The number of aromatic nitrogens is 5. The van der Waals surface area contributed by atoms with Crippen LogP contribution in [0.2, 0.25) is 0 Å². The predicted octanol–water partition coefficient (Wildman–Crippen LogP) is 4.22. The Labute approximate surface area is 192 Å². The first-order valence-corrected chi connectivity index (χ1v) is 11.5. The molecule has 1 atom stereocenters. The summed E-state index contributed by atoms with van der Waals surface area (Å²) in [4.78, 5) is 24.7. The van der Waals surface area contributed by atoms with Crippen LogP contribution in [0, 0.1) is 6.92 Å². The lowest BCUT2D eigenvalue weighted by molar-refractivity contribution is -0.0220. The smallest absolute Gasteiger partial charge is 0.253 e. The number of nitrogens with one attached hydrogen (secondary N) is 2. The van der Waals surface area contributed by atoms with Crippen LogP contribution in [-0.2, 0) is 0 Å². The second kappa shape index (κ2) is 8.22. The van der Waals surface area contributed by atoms with E-state index in [1.165, 1.54) is 6.33 Å². The van der Waals surface area contributed by atoms with Crippen molar-refractivity contribution in [3.63, 3.8) is 0 Å².